The average molecular weight is 316 g/mol. The highest BCUT2D eigenvalue weighted by Gasteiger charge is 2.15. The Morgan fingerprint density at radius 1 is 1.30 bits per heavy atom. The number of hydrogen-bond donors (Lipinski definition) is 1. The molecule has 0 saturated heterocycles. The first kappa shape index (κ1) is 15.2. The van der Waals surface area contributed by atoms with Gasteiger partial charge in [0.2, 0.25) is 0 Å². The first-order valence-corrected chi connectivity index (χ1v) is 6.84. The highest BCUT2D eigenvalue weighted by Crippen LogP contribution is 2.22. The second-order valence-electron chi connectivity index (χ2n) is 4.25. The van der Waals surface area contributed by atoms with Gasteiger partial charge in [-0.3, -0.25) is 0 Å². The zero-order valence-corrected chi connectivity index (χ0v) is 12.7. The number of tetrazole rings is 1. The molecule has 20 heavy (non-hydrogen) atoms. The molecule has 8 heteroatoms. The topological polar surface area (TPSA) is 64.9 Å². The quantitative estimate of drug-likeness (QED) is 0.828. The number of rotatable bonds is 6. The number of hydrogen-bond acceptors (Lipinski definition) is 5. The van der Waals surface area contributed by atoms with Crippen molar-refractivity contribution >= 4 is 23.2 Å². The number of nitrogens with zero attached hydrogens (tertiary/aromatic N) is 4. The van der Waals surface area contributed by atoms with E-state index in [2.05, 4.69) is 20.8 Å². The van der Waals surface area contributed by atoms with Crippen LogP contribution in [0.2, 0.25) is 10.0 Å². The van der Waals surface area contributed by atoms with Gasteiger partial charge < -0.3 is 10.1 Å². The third-order valence-electron chi connectivity index (χ3n) is 2.73. The Hall–Kier alpha value is -1.21. The molecule has 0 spiro atoms. The summed E-state index contributed by atoms with van der Waals surface area (Å²) < 4.78 is 6.61. The molecule has 0 aliphatic heterocycles. The third kappa shape index (κ3) is 3.67. The van der Waals surface area contributed by atoms with Crippen LogP contribution < -0.4 is 5.32 Å². The number of halogens is 2. The van der Waals surface area contributed by atoms with Crippen molar-refractivity contribution in [1.29, 1.82) is 0 Å². The third-order valence-corrected chi connectivity index (χ3v) is 3.17. The number of nitrogens with one attached hydrogen (secondary N) is 1. The Morgan fingerprint density at radius 2 is 2.00 bits per heavy atom. The van der Waals surface area contributed by atoms with E-state index in [0.29, 0.717) is 29.0 Å². The van der Waals surface area contributed by atoms with Crippen molar-refractivity contribution in [3.05, 3.63) is 34.1 Å². The van der Waals surface area contributed by atoms with Gasteiger partial charge in [0.1, 0.15) is 0 Å². The fourth-order valence-electron chi connectivity index (χ4n) is 1.78. The van der Waals surface area contributed by atoms with Gasteiger partial charge in [0.25, 0.3) is 0 Å². The van der Waals surface area contributed by atoms with E-state index in [0.717, 1.165) is 5.69 Å². The summed E-state index contributed by atoms with van der Waals surface area (Å²) in [5, 5.41) is 16.1. The highest BCUT2D eigenvalue weighted by molar-refractivity contribution is 6.34. The lowest BCUT2D eigenvalue weighted by Gasteiger charge is -2.13. The van der Waals surface area contributed by atoms with Gasteiger partial charge in [0.15, 0.2) is 5.82 Å². The van der Waals surface area contributed by atoms with Gasteiger partial charge >= 0.3 is 0 Å². The minimum Gasteiger partial charge on any atom is -0.383 e. The Bertz CT molecular complexity index is 554. The van der Waals surface area contributed by atoms with Crippen molar-refractivity contribution in [2.75, 3.05) is 20.3 Å². The van der Waals surface area contributed by atoms with Gasteiger partial charge in [-0.2, -0.15) is 4.68 Å². The lowest BCUT2D eigenvalue weighted by Crippen LogP contribution is -2.25. The molecule has 0 bridgehead atoms. The first-order chi connectivity index (χ1) is 9.61. The number of aromatic nitrogens is 4. The molecule has 1 heterocycles. The zero-order valence-electron chi connectivity index (χ0n) is 11.2. The molecule has 6 nitrogen and oxygen atoms in total. The molecule has 1 N–H and O–H groups in total. The fraction of sp³-hybridized carbons (Fsp3) is 0.417. The van der Waals surface area contributed by atoms with Crippen LogP contribution in [-0.4, -0.2) is 40.5 Å². The fourth-order valence-corrected chi connectivity index (χ4v) is 2.29. The van der Waals surface area contributed by atoms with Crippen LogP contribution in [0, 0.1) is 0 Å². The van der Waals surface area contributed by atoms with E-state index in [1.165, 1.54) is 0 Å². The average Bonchev–Trinajstić information content (AvgIpc) is 2.87. The predicted molar refractivity (Wildman–Crippen MR) is 77.5 cm³/mol. The van der Waals surface area contributed by atoms with Crippen molar-refractivity contribution in [3.8, 4) is 5.69 Å². The van der Waals surface area contributed by atoms with E-state index in [9.17, 15) is 0 Å². The molecular formula is C12H15Cl2N5O. The van der Waals surface area contributed by atoms with Crippen LogP contribution in [-0.2, 0) is 4.74 Å². The summed E-state index contributed by atoms with van der Waals surface area (Å²) in [5.74, 6) is 0.680. The smallest absolute Gasteiger partial charge is 0.173 e. The van der Waals surface area contributed by atoms with Gasteiger partial charge in [-0.25, -0.2) is 0 Å². The van der Waals surface area contributed by atoms with E-state index in [1.807, 2.05) is 6.92 Å². The summed E-state index contributed by atoms with van der Waals surface area (Å²) in [4.78, 5) is 0. The molecule has 1 aromatic carbocycles. The summed E-state index contributed by atoms with van der Waals surface area (Å²) in [6.07, 6.45) is 0. The van der Waals surface area contributed by atoms with Crippen molar-refractivity contribution in [2.45, 2.75) is 13.0 Å². The van der Waals surface area contributed by atoms with Crippen LogP contribution in [0.4, 0.5) is 0 Å². The molecule has 2 aromatic rings. The second kappa shape index (κ2) is 6.99. The minimum absolute atomic E-state index is 0.0297. The van der Waals surface area contributed by atoms with E-state index < -0.39 is 0 Å². The summed E-state index contributed by atoms with van der Waals surface area (Å²) in [6.45, 7) is 3.31. The molecule has 1 atom stereocenters. The van der Waals surface area contributed by atoms with Crippen LogP contribution in [0.1, 0.15) is 18.8 Å². The van der Waals surface area contributed by atoms with Crippen LogP contribution in [0.5, 0.6) is 0 Å². The molecule has 0 aliphatic rings. The maximum Gasteiger partial charge on any atom is 0.173 e. The summed E-state index contributed by atoms with van der Waals surface area (Å²) in [5.41, 5.74) is 0.725. The number of methoxy groups -OCH3 is 1. The van der Waals surface area contributed by atoms with Gasteiger partial charge in [0, 0.05) is 23.7 Å². The van der Waals surface area contributed by atoms with E-state index >= 15 is 0 Å². The van der Waals surface area contributed by atoms with Gasteiger partial charge in [-0.05, 0) is 35.5 Å². The van der Waals surface area contributed by atoms with E-state index in [-0.39, 0.29) is 6.04 Å². The van der Waals surface area contributed by atoms with Gasteiger partial charge in [-0.1, -0.05) is 23.2 Å². The second-order valence-corrected chi connectivity index (χ2v) is 5.12. The van der Waals surface area contributed by atoms with Crippen molar-refractivity contribution in [3.63, 3.8) is 0 Å². The lowest BCUT2D eigenvalue weighted by atomic mass is 10.2. The van der Waals surface area contributed by atoms with E-state index in [1.54, 1.807) is 30.0 Å². The van der Waals surface area contributed by atoms with Crippen molar-refractivity contribution in [1.82, 2.24) is 25.5 Å². The first-order valence-electron chi connectivity index (χ1n) is 6.09. The Morgan fingerprint density at radius 3 is 2.65 bits per heavy atom. The Balaban J connectivity index is 2.23. The molecule has 0 aliphatic carbocycles. The van der Waals surface area contributed by atoms with Crippen molar-refractivity contribution in [2.24, 2.45) is 0 Å². The van der Waals surface area contributed by atoms with Crippen LogP contribution in [0.25, 0.3) is 5.69 Å². The van der Waals surface area contributed by atoms with Crippen molar-refractivity contribution < 1.29 is 4.74 Å². The summed E-state index contributed by atoms with van der Waals surface area (Å²) in [6, 6.07) is 5.15. The molecule has 108 valence electrons. The predicted octanol–water partition coefficient (Wildman–Crippen LogP) is 2.27. The number of benzene rings is 1. The van der Waals surface area contributed by atoms with Gasteiger partial charge in [-0.15, -0.1) is 5.10 Å². The SMILES string of the molecule is COCCNC(C)c1nnnn1-c1cc(Cl)cc(Cl)c1. The normalized spacial score (nSPS) is 12.6. The Kier molecular flexibility index (Phi) is 5.31. The molecule has 0 radical (unpaired) electrons. The largest absolute Gasteiger partial charge is 0.383 e. The molecule has 0 saturated carbocycles. The van der Waals surface area contributed by atoms with E-state index in [4.69, 9.17) is 27.9 Å². The maximum atomic E-state index is 6.00. The molecule has 1 aromatic heterocycles. The Labute approximate surface area is 127 Å². The molecule has 1 unspecified atom stereocenters. The number of ether oxygens (including phenoxy) is 1. The summed E-state index contributed by atoms with van der Waals surface area (Å²) >= 11 is 12.0. The van der Waals surface area contributed by atoms with Crippen LogP contribution in [0.15, 0.2) is 18.2 Å². The van der Waals surface area contributed by atoms with Gasteiger partial charge in [0.05, 0.1) is 18.3 Å². The molecule has 0 fully saturated rings. The van der Waals surface area contributed by atoms with Crippen LogP contribution >= 0.6 is 23.2 Å². The molecule has 2 rings (SSSR count). The highest BCUT2D eigenvalue weighted by atomic mass is 35.5. The summed E-state index contributed by atoms with van der Waals surface area (Å²) in [7, 11) is 1.66. The molecular weight excluding hydrogens is 301 g/mol. The minimum atomic E-state index is -0.0297. The van der Waals surface area contributed by atoms with Crippen LogP contribution in [0.3, 0.4) is 0 Å². The monoisotopic (exact) mass is 315 g/mol. The maximum absolute atomic E-state index is 6.00. The standard InChI is InChI=1S/C12H15Cl2N5O/c1-8(15-3-4-20-2)12-16-17-18-19(12)11-6-9(13)5-10(14)7-11/h5-8,15H,3-4H2,1-2H3. The molecule has 0 amide bonds. The zero-order chi connectivity index (χ0) is 14.5. The lowest BCUT2D eigenvalue weighted by molar-refractivity contribution is 0.196.